The zero-order valence-electron chi connectivity index (χ0n) is 37.4. The van der Waals surface area contributed by atoms with Crippen LogP contribution in [0, 0.1) is 12.7 Å². The number of aromatic nitrogens is 3. The molecule has 2 N–H and O–H groups in total. The van der Waals surface area contributed by atoms with Gasteiger partial charge in [-0.25, -0.2) is 32.8 Å². The van der Waals surface area contributed by atoms with Crippen molar-refractivity contribution in [2.24, 2.45) is 0 Å². The molecule has 0 spiro atoms. The summed E-state index contributed by atoms with van der Waals surface area (Å²) >= 11 is 0. The standard InChI is InChI=1S/C46H52FN5O12/c1-26-21-29(61-36-14-12-11-13-31(36)47)15-16-33(26)52-39(51(42(57)63-45(5,6)7)43(58)64-46(8,9)10)30(25-48-52)38(53)35-22-27-23-37(60-28-17-19-59-20-18-28)32(24-34(27)50(35)41(55)56)49-40(54)62-44(2,3)4/h11-16,21-25,28H,17-20H2,1-10H3,(H,49,54)(H,55,56). The van der Waals surface area contributed by atoms with Crippen LogP contribution in [0.2, 0.25) is 0 Å². The summed E-state index contributed by atoms with van der Waals surface area (Å²) in [5.74, 6) is -1.64. The molecule has 3 aromatic carbocycles. The van der Waals surface area contributed by atoms with Crippen molar-refractivity contribution in [3.8, 4) is 22.9 Å². The summed E-state index contributed by atoms with van der Waals surface area (Å²) in [6, 6.07) is 14.6. The van der Waals surface area contributed by atoms with Crippen molar-refractivity contribution in [1.82, 2.24) is 14.3 Å². The predicted octanol–water partition coefficient (Wildman–Crippen LogP) is 10.4. The number of ketones is 1. The molecule has 17 nitrogen and oxygen atoms in total. The van der Waals surface area contributed by atoms with Crippen LogP contribution in [-0.2, 0) is 18.9 Å². The number of rotatable bonds is 9. The van der Waals surface area contributed by atoms with E-state index in [9.17, 15) is 28.7 Å². The van der Waals surface area contributed by atoms with Crippen LogP contribution in [0.25, 0.3) is 16.6 Å². The minimum atomic E-state index is -1.58. The van der Waals surface area contributed by atoms with Gasteiger partial charge in [0.15, 0.2) is 17.4 Å². The first-order chi connectivity index (χ1) is 29.9. The van der Waals surface area contributed by atoms with E-state index in [4.69, 9.17) is 28.4 Å². The van der Waals surface area contributed by atoms with Crippen molar-refractivity contribution in [3.05, 3.63) is 89.5 Å². The van der Waals surface area contributed by atoms with E-state index in [0.29, 0.717) is 41.1 Å². The molecule has 1 aliphatic heterocycles. The monoisotopic (exact) mass is 885 g/mol. The van der Waals surface area contributed by atoms with Gasteiger partial charge in [0.05, 0.1) is 41.9 Å². The number of amides is 3. The maximum absolute atomic E-state index is 15.1. The first-order valence-electron chi connectivity index (χ1n) is 20.5. The summed E-state index contributed by atoms with van der Waals surface area (Å²) in [7, 11) is 0. The second-order valence-electron chi connectivity index (χ2n) is 18.0. The predicted molar refractivity (Wildman–Crippen MR) is 233 cm³/mol. The molecule has 340 valence electrons. The fourth-order valence-corrected chi connectivity index (χ4v) is 6.67. The molecule has 18 heteroatoms. The highest BCUT2D eigenvalue weighted by Crippen LogP contribution is 2.38. The van der Waals surface area contributed by atoms with Crippen LogP contribution in [0.1, 0.15) is 96.8 Å². The molecule has 3 amide bonds. The van der Waals surface area contributed by atoms with Crippen LogP contribution in [-0.4, -0.2) is 85.7 Å². The van der Waals surface area contributed by atoms with Gasteiger partial charge in [-0.2, -0.15) is 10.00 Å². The number of imide groups is 1. The molecular formula is C46H52FN5O12. The van der Waals surface area contributed by atoms with Gasteiger partial charge in [0.25, 0.3) is 0 Å². The third-order valence-corrected chi connectivity index (χ3v) is 9.24. The lowest BCUT2D eigenvalue weighted by molar-refractivity contribution is 0.0257. The Kier molecular flexibility index (Phi) is 13.1. The van der Waals surface area contributed by atoms with E-state index in [0.717, 1.165) is 10.9 Å². The molecule has 2 aromatic heterocycles. The van der Waals surface area contributed by atoms with Gasteiger partial charge in [-0.15, -0.1) is 0 Å². The summed E-state index contributed by atoms with van der Waals surface area (Å²) in [6.07, 6.45) is -3.02. The Balaban J connectivity index is 1.55. The molecule has 1 fully saturated rings. The number of ether oxygens (including phenoxy) is 6. The van der Waals surface area contributed by atoms with Crippen molar-refractivity contribution >= 4 is 52.6 Å². The Hall–Kier alpha value is -6.95. The van der Waals surface area contributed by atoms with Crippen LogP contribution in [0.5, 0.6) is 17.2 Å². The number of carbonyl (C=O) groups excluding carboxylic acids is 4. The number of nitrogens with zero attached hydrogens (tertiary/aromatic N) is 4. The number of anilines is 2. The fourth-order valence-electron chi connectivity index (χ4n) is 6.67. The van der Waals surface area contributed by atoms with Gasteiger partial charge in [-0.1, -0.05) is 12.1 Å². The molecule has 0 saturated carbocycles. The molecule has 0 bridgehead atoms. The number of fused-ring (bicyclic) bond motifs is 1. The molecule has 0 atom stereocenters. The van der Waals surface area contributed by atoms with Crippen LogP contribution in [0.4, 0.5) is 35.1 Å². The van der Waals surface area contributed by atoms with Crippen molar-refractivity contribution in [3.63, 3.8) is 0 Å². The lowest BCUT2D eigenvalue weighted by Gasteiger charge is -2.29. The smallest absolute Gasteiger partial charge is 0.425 e. The molecule has 1 saturated heterocycles. The summed E-state index contributed by atoms with van der Waals surface area (Å²) in [5.41, 5.74) is -3.29. The SMILES string of the molecule is Cc1cc(Oc2ccccc2F)ccc1-n1ncc(C(=O)c2cc3cc(OC4CCOCC4)c(NC(=O)OC(C)(C)C)cc3n2C(=O)O)c1N(C(=O)OC(C)(C)C)C(=O)OC(C)(C)C. The highest BCUT2D eigenvalue weighted by molar-refractivity contribution is 6.19. The van der Waals surface area contributed by atoms with Crippen molar-refractivity contribution in [2.75, 3.05) is 23.4 Å². The molecule has 1 aliphatic rings. The van der Waals surface area contributed by atoms with Gasteiger partial charge in [-0.05, 0) is 123 Å². The topological polar surface area (TPSA) is 199 Å². The minimum Gasteiger partial charge on any atom is -0.488 e. The van der Waals surface area contributed by atoms with Crippen molar-refractivity contribution in [1.29, 1.82) is 0 Å². The number of nitrogens with one attached hydrogen (secondary N) is 1. The first-order valence-corrected chi connectivity index (χ1v) is 20.5. The molecule has 0 aliphatic carbocycles. The van der Waals surface area contributed by atoms with E-state index < -0.39 is 69.9 Å². The highest BCUT2D eigenvalue weighted by Gasteiger charge is 2.40. The largest absolute Gasteiger partial charge is 0.488 e. The summed E-state index contributed by atoms with van der Waals surface area (Å²) in [6.45, 7) is 17.1. The number of hydrogen-bond acceptors (Lipinski definition) is 12. The molecule has 6 rings (SSSR count). The number of para-hydroxylation sites is 1. The number of benzene rings is 3. The molecule has 5 aromatic rings. The van der Waals surface area contributed by atoms with E-state index in [1.54, 1.807) is 81.4 Å². The number of halogens is 1. The Morgan fingerprint density at radius 3 is 2.03 bits per heavy atom. The van der Waals surface area contributed by atoms with E-state index in [1.165, 1.54) is 48.5 Å². The molecule has 0 radical (unpaired) electrons. The first kappa shape index (κ1) is 46.6. The van der Waals surface area contributed by atoms with Crippen LogP contribution >= 0.6 is 0 Å². The molecule has 3 heterocycles. The van der Waals surface area contributed by atoms with Crippen LogP contribution in [0.15, 0.2) is 66.9 Å². The Morgan fingerprint density at radius 1 is 0.828 bits per heavy atom. The number of carboxylic acid groups (broad SMARTS) is 1. The highest BCUT2D eigenvalue weighted by atomic mass is 19.1. The van der Waals surface area contributed by atoms with Gasteiger partial charge in [0, 0.05) is 18.2 Å². The lowest BCUT2D eigenvalue weighted by atomic mass is 10.1. The third kappa shape index (κ3) is 11.0. The maximum Gasteiger partial charge on any atom is 0.425 e. The van der Waals surface area contributed by atoms with E-state index in [2.05, 4.69) is 10.4 Å². The quantitative estimate of drug-likeness (QED) is 0.105. The fraction of sp³-hybridized carbons (Fsp3) is 0.391. The number of carbonyl (C=O) groups is 5. The van der Waals surface area contributed by atoms with Gasteiger partial charge in [0.1, 0.15) is 40.1 Å². The Bertz CT molecular complexity index is 2580. The summed E-state index contributed by atoms with van der Waals surface area (Å²) in [5, 5.41) is 18.1. The Morgan fingerprint density at radius 2 is 1.45 bits per heavy atom. The van der Waals surface area contributed by atoms with Crippen molar-refractivity contribution < 1.29 is 61.9 Å². The lowest BCUT2D eigenvalue weighted by Crippen LogP contribution is -2.45. The normalized spacial score (nSPS) is 13.5. The summed E-state index contributed by atoms with van der Waals surface area (Å²) in [4.78, 5) is 70.3. The average Bonchev–Trinajstić information content (AvgIpc) is 3.76. The van der Waals surface area contributed by atoms with Crippen LogP contribution in [0.3, 0.4) is 0 Å². The maximum atomic E-state index is 15.1. The third-order valence-electron chi connectivity index (χ3n) is 9.24. The number of hydrogen-bond donors (Lipinski definition) is 2. The molecule has 64 heavy (non-hydrogen) atoms. The zero-order valence-corrected chi connectivity index (χ0v) is 37.4. The van der Waals surface area contributed by atoms with Crippen LogP contribution < -0.4 is 19.7 Å². The minimum absolute atomic E-state index is 0.0207. The van der Waals surface area contributed by atoms with E-state index in [-0.39, 0.29) is 45.6 Å². The zero-order chi connectivity index (χ0) is 46.9. The van der Waals surface area contributed by atoms with Crippen molar-refractivity contribution in [2.45, 2.75) is 105 Å². The Labute approximate surface area is 368 Å². The second-order valence-corrected chi connectivity index (χ2v) is 18.0. The van der Waals surface area contributed by atoms with E-state index >= 15 is 4.79 Å². The average molecular weight is 886 g/mol. The van der Waals surface area contributed by atoms with Gasteiger partial charge in [0.2, 0.25) is 5.78 Å². The van der Waals surface area contributed by atoms with E-state index in [1.807, 2.05) is 0 Å². The van der Waals surface area contributed by atoms with Gasteiger partial charge < -0.3 is 33.5 Å². The molecule has 0 unspecified atom stereocenters. The van der Waals surface area contributed by atoms with Gasteiger partial charge >= 0.3 is 24.4 Å². The second kappa shape index (κ2) is 18.0. The van der Waals surface area contributed by atoms with Gasteiger partial charge in [-0.3, -0.25) is 10.1 Å². The molecular weight excluding hydrogens is 834 g/mol. The number of aryl methyl sites for hydroxylation is 1. The summed E-state index contributed by atoms with van der Waals surface area (Å²) < 4.78 is 50.8.